The Kier molecular flexibility index (Phi) is 5.13. The molecule has 4 aromatic carbocycles. The molecule has 0 amide bonds. The lowest BCUT2D eigenvalue weighted by atomic mass is 9.94. The number of benzene rings is 4. The first-order chi connectivity index (χ1) is 21.3. The van der Waals surface area contributed by atoms with Gasteiger partial charge in [0.2, 0.25) is 0 Å². The van der Waals surface area contributed by atoms with Crippen LogP contribution in [0.5, 0.6) is 0 Å². The summed E-state index contributed by atoms with van der Waals surface area (Å²) >= 11 is 0. The summed E-state index contributed by atoms with van der Waals surface area (Å²) in [5.41, 5.74) is 9.76. The Morgan fingerprint density at radius 2 is 1.28 bits per heavy atom. The topological polar surface area (TPSA) is 56.0 Å². The number of imidazole rings is 1. The number of rotatable bonds is 3. The van der Waals surface area contributed by atoms with Gasteiger partial charge >= 0.3 is 0 Å². The van der Waals surface area contributed by atoms with Crippen molar-refractivity contribution in [3.8, 4) is 33.8 Å². The fourth-order valence-electron chi connectivity index (χ4n) is 6.27. The Labute approximate surface area is 246 Å². The van der Waals surface area contributed by atoms with Crippen LogP contribution in [0.25, 0.3) is 82.9 Å². The van der Waals surface area contributed by atoms with Crippen LogP contribution in [0.2, 0.25) is 0 Å². The minimum absolute atomic E-state index is 0.884. The molecule has 0 saturated heterocycles. The fourth-order valence-corrected chi connectivity index (χ4v) is 6.27. The quantitative estimate of drug-likeness (QED) is 0.163. The van der Waals surface area contributed by atoms with Crippen LogP contribution in [0.1, 0.15) is 0 Å². The van der Waals surface area contributed by atoms with Crippen LogP contribution < -0.4 is 0 Å². The third kappa shape index (κ3) is 3.72. The molecule has 0 bridgehead atoms. The van der Waals surface area contributed by atoms with E-state index in [0.717, 1.165) is 82.9 Å². The van der Waals surface area contributed by atoms with E-state index in [1.807, 2.05) is 42.7 Å². The summed E-state index contributed by atoms with van der Waals surface area (Å²) in [7, 11) is 0. The lowest BCUT2D eigenvalue weighted by molar-refractivity contribution is 1.18. The summed E-state index contributed by atoms with van der Waals surface area (Å²) in [6.07, 6.45) is 5.83. The van der Waals surface area contributed by atoms with E-state index in [9.17, 15) is 0 Å². The lowest BCUT2D eigenvalue weighted by Gasteiger charge is -2.13. The van der Waals surface area contributed by atoms with Gasteiger partial charge < -0.3 is 0 Å². The number of fused-ring (bicyclic) bond motifs is 6. The SMILES string of the molecule is c1ccc(-c2c(-c3ccc(-c4c5ccccc5nc5c4ccc4cccnc45)cc3)nc3cc4ccccc4cn23)nc1. The van der Waals surface area contributed by atoms with Gasteiger partial charge in [-0.15, -0.1) is 0 Å². The zero-order valence-electron chi connectivity index (χ0n) is 23.0. The molecule has 9 aromatic rings. The van der Waals surface area contributed by atoms with Crippen LogP contribution in [0.3, 0.4) is 0 Å². The highest BCUT2D eigenvalue weighted by atomic mass is 15.0. The Morgan fingerprint density at radius 1 is 0.512 bits per heavy atom. The van der Waals surface area contributed by atoms with Crippen molar-refractivity contribution in [2.75, 3.05) is 0 Å². The van der Waals surface area contributed by atoms with Gasteiger partial charge in [-0.25, -0.2) is 9.97 Å². The molecular formula is C38H23N5. The maximum absolute atomic E-state index is 5.15. The second-order valence-corrected chi connectivity index (χ2v) is 10.8. The second kappa shape index (κ2) is 9.29. The van der Waals surface area contributed by atoms with E-state index in [0.29, 0.717) is 0 Å². The van der Waals surface area contributed by atoms with Gasteiger partial charge in [0, 0.05) is 45.9 Å². The largest absolute Gasteiger partial charge is 0.297 e. The van der Waals surface area contributed by atoms with Crippen molar-refractivity contribution >= 4 is 49.1 Å². The average Bonchev–Trinajstić information content (AvgIpc) is 3.45. The second-order valence-electron chi connectivity index (χ2n) is 10.8. The monoisotopic (exact) mass is 549 g/mol. The van der Waals surface area contributed by atoms with Crippen LogP contribution in [0, 0.1) is 0 Å². The predicted molar refractivity (Wildman–Crippen MR) is 175 cm³/mol. The van der Waals surface area contributed by atoms with E-state index < -0.39 is 0 Å². The summed E-state index contributed by atoms with van der Waals surface area (Å²) in [4.78, 5) is 19.6. The highest BCUT2D eigenvalue weighted by Gasteiger charge is 2.19. The summed E-state index contributed by atoms with van der Waals surface area (Å²) in [5.74, 6) is 0. The number of para-hydroxylation sites is 1. The molecule has 0 N–H and O–H groups in total. The van der Waals surface area contributed by atoms with Gasteiger partial charge in [0.1, 0.15) is 5.65 Å². The Bertz CT molecular complexity index is 2500. The summed E-state index contributed by atoms with van der Waals surface area (Å²) < 4.78 is 2.16. The summed E-state index contributed by atoms with van der Waals surface area (Å²) in [5, 5.41) is 5.61. The molecule has 0 atom stereocenters. The van der Waals surface area contributed by atoms with Gasteiger partial charge in [0.15, 0.2) is 0 Å². The number of pyridine rings is 4. The van der Waals surface area contributed by atoms with Crippen molar-refractivity contribution in [2.24, 2.45) is 0 Å². The van der Waals surface area contributed by atoms with E-state index >= 15 is 0 Å². The molecule has 0 unspecified atom stereocenters. The highest BCUT2D eigenvalue weighted by Crippen LogP contribution is 2.39. The minimum atomic E-state index is 0.884. The maximum atomic E-state index is 5.15. The van der Waals surface area contributed by atoms with Crippen LogP contribution in [-0.2, 0) is 0 Å². The van der Waals surface area contributed by atoms with Gasteiger partial charge in [0.05, 0.1) is 33.6 Å². The van der Waals surface area contributed by atoms with E-state index in [4.69, 9.17) is 19.9 Å². The van der Waals surface area contributed by atoms with Crippen molar-refractivity contribution in [3.05, 3.63) is 140 Å². The van der Waals surface area contributed by atoms with Gasteiger partial charge in [-0.05, 0) is 46.7 Å². The van der Waals surface area contributed by atoms with E-state index in [1.165, 1.54) is 0 Å². The van der Waals surface area contributed by atoms with Crippen molar-refractivity contribution in [3.63, 3.8) is 0 Å². The zero-order valence-corrected chi connectivity index (χ0v) is 23.0. The number of hydrogen-bond donors (Lipinski definition) is 0. The average molecular weight is 550 g/mol. The molecule has 0 saturated carbocycles. The van der Waals surface area contributed by atoms with Gasteiger partial charge in [-0.1, -0.05) is 91.0 Å². The van der Waals surface area contributed by atoms with E-state index in [-0.39, 0.29) is 0 Å². The zero-order chi connectivity index (χ0) is 28.3. The molecule has 200 valence electrons. The third-order valence-corrected chi connectivity index (χ3v) is 8.26. The number of nitrogens with zero attached hydrogens (tertiary/aromatic N) is 5. The van der Waals surface area contributed by atoms with Crippen molar-refractivity contribution in [1.82, 2.24) is 24.3 Å². The molecule has 0 aliphatic heterocycles. The molecule has 0 radical (unpaired) electrons. The smallest absolute Gasteiger partial charge is 0.138 e. The summed E-state index contributed by atoms with van der Waals surface area (Å²) in [6.45, 7) is 0. The van der Waals surface area contributed by atoms with E-state index in [2.05, 4.69) is 102 Å². The first-order valence-electron chi connectivity index (χ1n) is 14.3. The summed E-state index contributed by atoms with van der Waals surface area (Å²) in [6, 6.07) is 42.0. The normalized spacial score (nSPS) is 11.7. The van der Waals surface area contributed by atoms with E-state index in [1.54, 1.807) is 0 Å². The van der Waals surface area contributed by atoms with Crippen molar-refractivity contribution in [2.45, 2.75) is 0 Å². The molecular weight excluding hydrogens is 526 g/mol. The Morgan fingerprint density at radius 3 is 2.16 bits per heavy atom. The van der Waals surface area contributed by atoms with Crippen LogP contribution in [0.15, 0.2) is 140 Å². The van der Waals surface area contributed by atoms with Crippen LogP contribution in [-0.4, -0.2) is 24.3 Å². The first kappa shape index (κ1) is 23.7. The molecule has 5 heteroatoms. The molecule has 0 aliphatic carbocycles. The van der Waals surface area contributed by atoms with Crippen LogP contribution in [0.4, 0.5) is 0 Å². The Balaban J connectivity index is 1.27. The molecule has 5 heterocycles. The number of aromatic nitrogens is 5. The van der Waals surface area contributed by atoms with Gasteiger partial charge in [-0.2, -0.15) is 0 Å². The predicted octanol–water partition coefficient (Wildman–Crippen LogP) is 9.13. The molecule has 43 heavy (non-hydrogen) atoms. The molecule has 0 aliphatic rings. The standard InChI is InChI=1S/C38H23N5/c1-2-9-28-23-43-33(22-27(28)8-1)42-36(38(43)32-13-5-6-20-39-32)26-16-14-24(15-17-26)34-29-11-3-4-12-31(29)41-37-30(34)19-18-25-10-7-21-40-35(25)37/h1-23H. The highest BCUT2D eigenvalue weighted by molar-refractivity contribution is 6.16. The van der Waals surface area contributed by atoms with Gasteiger partial charge in [0.25, 0.3) is 0 Å². The first-order valence-corrected chi connectivity index (χ1v) is 14.3. The molecule has 5 aromatic heterocycles. The lowest BCUT2D eigenvalue weighted by Crippen LogP contribution is -1.93. The molecule has 9 rings (SSSR count). The van der Waals surface area contributed by atoms with Crippen molar-refractivity contribution in [1.29, 1.82) is 0 Å². The fraction of sp³-hybridized carbons (Fsp3) is 0. The Hall–Kier alpha value is -5.94. The molecule has 5 nitrogen and oxygen atoms in total. The molecule has 0 spiro atoms. The third-order valence-electron chi connectivity index (χ3n) is 8.26. The molecule has 0 fully saturated rings. The maximum Gasteiger partial charge on any atom is 0.138 e. The number of hydrogen-bond acceptors (Lipinski definition) is 4. The van der Waals surface area contributed by atoms with Crippen LogP contribution >= 0.6 is 0 Å². The minimum Gasteiger partial charge on any atom is -0.297 e. The van der Waals surface area contributed by atoms with Crippen molar-refractivity contribution < 1.29 is 0 Å². The van der Waals surface area contributed by atoms with Gasteiger partial charge in [-0.3, -0.25) is 14.4 Å².